The summed E-state index contributed by atoms with van der Waals surface area (Å²) in [6.07, 6.45) is 5.40. The van der Waals surface area contributed by atoms with Crippen LogP contribution in [0.15, 0.2) is 24.3 Å². The predicted molar refractivity (Wildman–Crippen MR) is 74.8 cm³/mol. The molecule has 0 bridgehead atoms. The summed E-state index contributed by atoms with van der Waals surface area (Å²) < 4.78 is 5.66. The highest BCUT2D eigenvalue weighted by Crippen LogP contribution is 2.18. The summed E-state index contributed by atoms with van der Waals surface area (Å²) in [4.78, 5) is 0. The monoisotopic (exact) mass is 235 g/mol. The van der Waals surface area contributed by atoms with E-state index in [-0.39, 0.29) is 6.10 Å². The van der Waals surface area contributed by atoms with Crippen LogP contribution < -0.4 is 10.1 Å². The van der Waals surface area contributed by atoms with Gasteiger partial charge in [-0.15, -0.1) is 0 Å². The van der Waals surface area contributed by atoms with E-state index in [0.717, 1.165) is 18.0 Å². The molecule has 2 heteroatoms. The van der Waals surface area contributed by atoms with Crippen molar-refractivity contribution in [2.45, 2.75) is 52.6 Å². The third kappa shape index (κ3) is 6.20. The maximum absolute atomic E-state index is 5.66. The molecule has 96 valence electrons. The Morgan fingerprint density at radius 2 is 2.00 bits per heavy atom. The van der Waals surface area contributed by atoms with Gasteiger partial charge < -0.3 is 10.1 Å². The Balaban J connectivity index is 2.32. The zero-order valence-electron chi connectivity index (χ0n) is 11.3. The number of unbranched alkanes of at least 4 members (excludes halogenated alkanes) is 3. The molecule has 0 amide bonds. The SMILES string of the molecule is CCCCCCNc1cccc(OC(C)C)c1. The third-order valence-corrected chi connectivity index (χ3v) is 2.57. The number of rotatable bonds is 8. The largest absolute Gasteiger partial charge is 0.491 e. The van der Waals surface area contributed by atoms with Gasteiger partial charge in [0.15, 0.2) is 0 Å². The number of anilines is 1. The summed E-state index contributed by atoms with van der Waals surface area (Å²) in [5.74, 6) is 0.943. The van der Waals surface area contributed by atoms with Crippen molar-refractivity contribution in [2.75, 3.05) is 11.9 Å². The molecule has 0 saturated carbocycles. The Labute approximate surface area is 105 Å². The standard InChI is InChI=1S/C15H25NO/c1-4-5-6-7-11-16-14-9-8-10-15(12-14)17-13(2)3/h8-10,12-13,16H,4-7,11H2,1-3H3. The highest BCUT2D eigenvalue weighted by atomic mass is 16.5. The zero-order valence-corrected chi connectivity index (χ0v) is 11.3. The van der Waals surface area contributed by atoms with E-state index in [4.69, 9.17) is 4.74 Å². The van der Waals surface area contributed by atoms with Crippen LogP contribution in [0.2, 0.25) is 0 Å². The minimum absolute atomic E-state index is 0.231. The topological polar surface area (TPSA) is 21.3 Å². The van der Waals surface area contributed by atoms with Crippen LogP contribution in [0.5, 0.6) is 5.75 Å². The van der Waals surface area contributed by atoms with E-state index in [1.54, 1.807) is 0 Å². The molecular formula is C15H25NO. The van der Waals surface area contributed by atoms with Gasteiger partial charge >= 0.3 is 0 Å². The van der Waals surface area contributed by atoms with Crippen molar-refractivity contribution in [1.29, 1.82) is 0 Å². The van der Waals surface area contributed by atoms with Crippen LogP contribution in [0.1, 0.15) is 46.5 Å². The zero-order chi connectivity index (χ0) is 12.5. The molecule has 0 heterocycles. The number of hydrogen-bond acceptors (Lipinski definition) is 2. The summed E-state index contributed by atoms with van der Waals surface area (Å²) in [6.45, 7) is 7.38. The Kier molecular flexibility index (Phi) is 6.53. The molecule has 1 N–H and O–H groups in total. The molecule has 0 fully saturated rings. The van der Waals surface area contributed by atoms with E-state index in [0.29, 0.717) is 0 Å². The fraction of sp³-hybridized carbons (Fsp3) is 0.600. The summed E-state index contributed by atoms with van der Waals surface area (Å²) in [5.41, 5.74) is 1.15. The van der Waals surface area contributed by atoms with Gasteiger partial charge in [-0.25, -0.2) is 0 Å². The molecule has 0 aliphatic rings. The normalized spacial score (nSPS) is 10.6. The summed E-state index contributed by atoms with van der Waals surface area (Å²) in [5, 5.41) is 3.44. The first-order chi connectivity index (χ1) is 8.22. The lowest BCUT2D eigenvalue weighted by Crippen LogP contribution is -2.06. The molecular weight excluding hydrogens is 210 g/mol. The van der Waals surface area contributed by atoms with Crippen LogP contribution in [-0.2, 0) is 0 Å². The maximum atomic E-state index is 5.66. The minimum atomic E-state index is 0.231. The number of benzene rings is 1. The van der Waals surface area contributed by atoms with Crippen molar-refractivity contribution in [3.8, 4) is 5.75 Å². The number of nitrogens with one attached hydrogen (secondary N) is 1. The van der Waals surface area contributed by atoms with Gasteiger partial charge in [-0.05, 0) is 32.4 Å². The van der Waals surface area contributed by atoms with E-state index >= 15 is 0 Å². The van der Waals surface area contributed by atoms with Crippen molar-refractivity contribution in [3.63, 3.8) is 0 Å². The molecule has 1 rings (SSSR count). The van der Waals surface area contributed by atoms with E-state index in [9.17, 15) is 0 Å². The Bertz CT molecular complexity index is 310. The first kappa shape index (κ1) is 13.9. The van der Waals surface area contributed by atoms with Gasteiger partial charge in [-0.2, -0.15) is 0 Å². The fourth-order valence-corrected chi connectivity index (χ4v) is 1.74. The Morgan fingerprint density at radius 3 is 2.71 bits per heavy atom. The van der Waals surface area contributed by atoms with Crippen molar-refractivity contribution in [1.82, 2.24) is 0 Å². The quantitative estimate of drug-likeness (QED) is 0.671. The van der Waals surface area contributed by atoms with Crippen LogP contribution >= 0.6 is 0 Å². The molecule has 0 aliphatic carbocycles. The van der Waals surface area contributed by atoms with Gasteiger partial charge in [0.1, 0.15) is 5.75 Å². The molecule has 1 aromatic carbocycles. The van der Waals surface area contributed by atoms with E-state index in [2.05, 4.69) is 24.4 Å². The molecule has 0 unspecified atom stereocenters. The predicted octanol–water partition coefficient (Wildman–Crippen LogP) is 4.47. The van der Waals surface area contributed by atoms with Crippen LogP contribution in [0, 0.1) is 0 Å². The van der Waals surface area contributed by atoms with Crippen molar-refractivity contribution >= 4 is 5.69 Å². The number of hydrogen-bond donors (Lipinski definition) is 1. The van der Waals surface area contributed by atoms with Crippen LogP contribution in [0.4, 0.5) is 5.69 Å². The second-order valence-corrected chi connectivity index (χ2v) is 4.68. The Morgan fingerprint density at radius 1 is 1.18 bits per heavy atom. The summed E-state index contributed by atoms with van der Waals surface area (Å²) in [7, 11) is 0. The lowest BCUT2D eigenvalue weighted by Gasteiger charge is -2.12. The van der Waals surface area contributed by atoms with E-state index in [1.807, 2.05) is 26.0 Å². The average Bonchev–Trinajstić information content (AvgIpc) is 2.28. The second kappa shape index (κ2) is 7.99. The lowest BCUT2D eigenvalue weighted by atomic mass is 10.2. The van der Waals surface area contributed by atoms with Crippen LogP contribution in [0.25, 0.3) is 0 Å². The third-order valence-electron chi connectivity index (χ3n) is 2.57. The molecule has 2 nitrogen and oxygen atoms in total. The van der Waals surface area contributed by atoms with Crippen molar-refractivity contribution in [3.05, 3.63) is 24.3 Å². The first-order valence-corrected chi connectivity index (χ1v) is 6.73. The molecule has 0 atom stereocenters. The van der Waals surface area contributed by atoms with Crippen molar-refractivity contribution in [2.24, 2.45) is 0 Å². The van der Waals surface area contributed by atoms with Gasteiger partial charge in [0.25, 0.3) is 0 Å². The minimum Gasteiger partial charge on any atom is -0.491 e. The summed E-state index contributed by atoms with van der Waals surface area (Å²) >= 11 is 0. The molecule has 17 heavy (non-hydrogen) atoms. The molecule has 0 aromatic heterocycles. The molecule has 0 aliphatic heterocycles. The highest BCUT2D eigenvalue weighted by Gasteiger charge is 1.98. The summed E-state index contributed by atoms with van der Waals surface area (Å²) in [6, 6.07) is 8.20. The fourth-order valence-electron chi connectivity index (χ4n) is 1.74. The van der Waals surface area contributed by atoms with Gasteiger partial charge in [0.05, 0.1) is 6.10 Å². The molecule has 0 radical (unpaired) electrons. The van der Waals surface area contributed by atoms with Crippen LogP contribution in [-0.4, -0.2) is 12.6 Å². The van der Waals surface area contributed by atoms with E-state index in [1.165, 1.54) is 25.7 Å². The van der Waals surface area contributed by atoms with Gasteiger partial charge in [-0.1, -0.05) is 32.3 Å². The number of ether oxygens (including phenoxy) is 1. The first-order valence-electron chi connectivity index (χ1n) is 6.73. The smallest absolute Gasteiger partial charge is 0.121 e. The highest BCUT2D eigenvalue weighted by molar-refractivity contribution is 5.48. The second-order valence-electron chi connectivity index (χ2n) is 4.68. The van der Waals surface area contributed by atoms with Crippen molar-refractivity contribution < 1.29 is 4.74 Å². The molecule has 0 saturated heterocycles. The van der Waals surface area contributed by atoms with Gasteiger partial charge in [0.2, 0.25) is 0 Å². The van der Waals surface area contributed by atoms with E-state index < -0.39 is 0 Å². The lowest BCUT2D eigenvalue weighted by molar-refractivity contribution is 0.242. The van der Waals surface area contributed by atoms with Gasteiger partial charge in [-0.3, -0.25) is 0 Å². The molecule has 0 spiro atoms. The average molecular weight is 235 g/mol. The molecule has 1 aromatic rings. The maximum Gasteiger partial charge on any atom is 0.121 e. The van der Waals surface area contributed by atoms with Gasteiger partial charge in [0, 0.05) is 18.3 Å². The van der Waals surface area contributed by atoms with Crippen LogP contribution in [0.3, 0.4) is 0 Å². The Hall–Kier alpha value is -1.18.